The Kier molecular flexibility index (Phi) is 2.91. The Morgan fingerprint density at radius 2 is 1.94 bits per heavy atom. The highest BCUT2D eigenvalue weighted by Gasteiger charge is 2.05. The van der Waals surface area contributed by atoms with Gasteiger partial charge in [-0.1, -0.05) is 0 Å². The number of ether oxygens (including phenoxy) is 1. The second-order valence-corrected chi connectivity index (χ2v) is 3.36. The van der Waals surface area contributed by atoms with Crippen molar-refractivity contribution in [3.63, 3.8) is 0 Å². The van der Waals surface area contributed by atoms with Crippen molar-refractivity contribution in [2.75, 3.05) is 5.73 Å². The number of nitrogens with two attached hydrogens (primary N) is 1. The van der Waals surface area contributed by atoms with Gasteiger partial charge in [0, 0.05) is 18.0 Å². The van der Waals surface area contributed by atoms with Gasteiger partial charge in [-0.3, -0.25) is 0 Å². The lowest BCUT2D eigenvalue weighted by Gasteiger charge is -2.05. The predicted octanol–water partition coefficient (Wildman–Crippen LogP) is 2.15. The average molecular weight is 230 g/mol. The summed E-state index contributed by atoms with van der Waals surface area (Å²) in [5, 5.41) is 8.81. The molecular formula is C12H10N2O3. The Hall–Kier alpha value is -2.56. The zero-order valence-electron chi connectivity index (χ0n) is 8.83. The van der Waals surface area contributed by atoms with Crippen molar-refractivity contribution < 1.29 is 14.6 Å². The number of nitrogen functional groups attached to an aromatic ring is 1. The minimum Gasteiger partial charge on any atom is -0.478 e. The summed E-state index contributed by atoms with van der Waals surface area (Å²) in [7, 11) is 0. The topological polar surface area (TPSA) is 85.4 Å². The number of rotatable bonds is 3. The zero-order chi connectivity index (χ0) is 12.3. The van der Waals surface area contributed by atoms with Crippen LogP contribution in [0.5, 0.6) is 11.6 Å². The summed E-state index contributed by atoms with van der Waals surface area (Å²) in [6.07, 6.45) is 1.39. The first kappa shape index (κ1) is 10.9. The number of nitrogens with zero attached hydrogens (tertiary/aromatic N) is 1. The van der Waals surface area contributed by atoms with Crippen LogP contribution in [0, 0.1) is 0 Å². The van der Waals surface area contributed by atoms with E-state index in [1.54, 1.807) is 24.3 Å². The summed E-state index contributed by atoms with van der Waals surface area (Å²) in [6.45, 7) is 0. The van der Waals surface area contributed by atoms with Gasteiger partial charge in [-0.05, 0) is 30.3 Å². The van der Waals surface area contributed by atoms with Gasteiger partial charge in [-0.2, -0.15) is 0 Å². The van der Waals surface area contributed by atoms with Crippen LogP contribution in [0.15, 0.2) is 42.6 Å². The average Bonchev–Trinajstić information content (AvgIpc) is 2.32. The van der Waals surface area contributed by atoms with E-state index in [0.717, 1.165) is 0 Å². The number of pyridine rings is 1. The third-order valence-corrected chi connectivity index (χ3v) is 2.08. The van der Waals surface area contributed by atoms with Crippen molar-refractivity contribution in [1.29, 1.82) is 0 Å². The summed E-state index contributed by atoms with van der Waals surface area (Å²) in [6, 6.07) is 9.51. The number of hydrogen-bond donors (Lipinski definition) is 2. The van der Waals surface area contributed by atoms with Gasteiger partial charge in [0.05, 0.1) is 5.56 Å². The van der Waals surface area contributed by atoms with Crippen LogP contribution < -0.4 is 10.5 Å². The van der Waals surface area contributed by atoms with Gasteiger partial charge < -0.3 is 15.6 Å². The van der Waals surface area contributed by atoms with Gasteiger partial charge in [-0.25, -0.2) is 9.78 Å². The van der Waals surface area contributed by atoms with Crippen LogP contribution in [-0.4, -0.2) is 16.1 Å². The van der Waals surface area contributed by atoms with Gasteiger partial charge in [0.2, 0.25) is 5.88 Å². The van der Waals surface area contributed by atoms with E-state index in [-0.39, 0.29) is 11.4 Å². The van der Waals surface area contributed by atoms with Crippen molar-refractivity contribution in [2.45, 2.75) is 0 Å². The Labute approximate surface area is 97.5 Å². The van der Waals surface area contributed by atoms with E-state index in [2.05, 4.69) is 4.98 Å². The molecule has 2 aromatic rings. The largest absolute Gasteiger partial charge is 0.478 e. The molecule has 0 aliphatic carbocycles. The number of hydrogen-bond acceptors (Lipinski definition) is 4. The number of anilines is 1. The minimum absolute atomic E-state index is 0.130. The van der Waals surface area contributed by atoms with Crippen molar-refractivity contribution >= 4 is 11.7 Å². The van der Waals surface area contributed by atoms with E-state index in [1.165, 1.54) is 18.3 Å². The summed E-state index contributed by atoms with van der Waals surface area (Å²) >= 11 is 0. The van der Waals surface area contributed by atoms with Crippen LogP contribution in [0.25, 0.3) is 0 Å². The maximum absolute atomic E-state index is 10.8. The molecule has 1 aromatic heterocycles. The fourth-order valence-electron chi connectivity index (χ4n) is 1.25. The highest BCUT2D eigenvalue weighted by molar-refractivity contribution is 5.87. The normalized spacial score (nSPS) is 9.88. The van der Waals surface area contributed by atoms with Gasteiger partial charge in [-0.15, -0.1) is 0 Å². The number of aromatic nitrogens is 1. The first-order valence-electron chi connectivity index (χ1n) is 4.88. The van der Waals surface area contributed by atoms with Crippen molar-refractivity contribution in [3.05, 3.63) is 48.2 Å². The van der Waals surface area contributed by atoms with E-state index < -0.39 is 5.97 Å². The molecule has 0 atom stereocenters. The molecule has 0 spiro atoms. The second kappa shape index (κ2) is 4.52. The predicted molar refractivity (Wildman–Crippen MR) is 62.1 cm³/mol. The standard InChI is InChI=1S/C12H10N2O3/c13-9-1-3-10(4-2-9)17-11-7-8(12(15)16)5-6-14-11/h1-7H,13H2,(H,15,16). The van der Waals surface area contributed by atoms with Crippen molar-refractivity contribution in [1.82, 2.24) is 4.98 Å². The summed E-state index contributed by atoms with van der Waals surface area (Å²) in [5.74, 6) is -0.238. The molecule has 0 fully saturated rings. The first-order chi connectivity index (χ1) is 8.15. The number of benzene rings is 1. The monoisotopic (exact) mass is 230 g/mol. The summed E-state index contributed by atoms with van der Waals surface area (Å²) < 4.78 is 5.39. The lowest BCUT2D eigenvalue weighted by Crippen LogP contribution is -1.97. The zero-order valence-corrected chi connectivity index (χ0v) is 8.83. The molecule has 0 saturated heterocycles. The molecule has 0 unspecified atom stereocenters. The van der Waals surface area contributed by atoms with Crippen molar-refractivity contribution in [3.8, 4) is 11.6 Å². The highest BCUT2D eigenvalue weighted by atomic mass is 16.5. The molecule has 0 radical (unpaired) electrons. The number of carboxylic acids is 1. The molecule has 2 rings (SSSR count). The van der Waals surface area contributed by atoms with Crippen LogP contribution in [0.1, 0.15) is 10.4 Å². The molecular weight excluding hydrogens is 220 g/mol. The molecule has 1 aromatic carbocycles. The van der Waals surface area contributed by atoms with Crippen LogP contribution in [0.3, 0.4) is 0 Å². The lowest BCUT2D eigenvalue weighted by atomic mass is 10.3. The Bertz CT molecular complexity index is 538. The maximum Gasteiger partial charge on any atom is 0.335 e. The molecule has 0 bridgehead atoms. The maximum atomic E-state index is 10.8. The van der Waals surface area contributed by atoms with E-state index in [9.17, 15) is 4.79 Å². The summed E-state index contributed by atoms with van der Waals surface area (Å²) in [5.41, 5.74) is 6.29. The van der Waals surface area contributed by atoms with Crippen LogP contribution in [0.4, 0.5) is 5.69 Å². The van der Waals surface area contributed by atoms with Gasteiger partial charge in [0.25, 0.3) is 0 Å². The smallest absolute Gasteiger partial charge is 0.335 e. The summed E-state index contributed by atoms with van der Waals surface area (Å²) in [4.78, 5) is 14.7. The molecule has 5 heteroatoms. The number of aromatic carboxylic acids is 1. The van der Waals surface area contributed by atoms with Crippen LogP contribution in [0.2, 0.25) is 0 Å². The van der Waals surface area contributed by atoms with Crippen LogP contribution >= 0.6 is 0 Å². The Morgan fingerprint density at radius 3 is 2.59 bits per heavy atom. The van der Waals surface area contributed by atoms with Gasteiger partial charge in [0.1, 0.15) is 5.75 Å². The fourth-order valence-corrected chi connectivity index (χ4v) is 1.25. The molecule has 0 amide bonds. The Morgan fingerprint density at radius 1 is 1.24 bits per heavy atom. The Balaban J connectivity index is 2.21. The van der Waals surface area contributed by atoms with E-state index in [0.29, 0.717) is 11.4 Å². The van der Waals surface area contributed by atoms with Gasteiger partial charge in [0.15, 0.2) is 0 Å². The number of carbonyl (C=O) groups is 1. The van der Waals surface area contributed by atoms with E-state index >= 15 is 0 Å². The SMILES string of the molecule is Nc1ccc(Oc2cc(C(=O)O)ccn2)cc1. The molecule has 0 aliphatic heterocycles. The third-order valence-electron chi connectivity index (χ3n) is 2.08. The number of carboxylic acid groups (broad SMARTS) is 1. The molecule has 1 heterocycles. The molecule has 5 nitrogen and oxygen atoms in total. The van der Waals surface area contributed by atoms with E-state index in [1.807, 2.05) is 0 Å². The minimum atomic E-state index is -1.02. The van der Waals surface area contributed by atoms with E-state index in [4.69, 9.17) is 15.6 Å². The third kappa shape index (κ3) is 2.72. The molecule has 0 saturated carbocycles. The molecule has 3 N–H and O–H groups in total. The quantitative estimate of drug-likeness (QED) is 0.789. The van der Waals surface area contributed by atoms with Crippen molar-refractivity contribution in [2.24, 2.45) is 0 Å². The first-order valence-corrected chi connectivity index (χ1v) is 4.88. The highest BCUT2D eigenvalue weighted by Crippen LogP contribution is 2.20. The fraction of sp³-hybridized carbons (Fsp3) is 0. The molecule has 0 aliphatic rings. The molecule has 86 valence electrons. The second-order valence-electron chi connectivity index (χ2n) is 3.36. The van der Waals surface area contributed by atoms with Crippen LogP contribution in [-0.2, 0) is 0 Å². The molecule has 17 heavy (non-hydrogen) atoms. The lowest BCUT2D eigenvalue weighted by molar-refractivity contribution is 0.0696. The van der Waals surface area contributed by atoms with Gasteiger partial charge >= 0.3 is 5.97 Å².